The van der Waals surface area contributed by atoms with Gasteiger partial charge in [-0.25, -0.2) is 13.1 Å². The molecule has 0 saturated carbocycles. The summed E-state index contributed by atoms with van der Waals surface area (Å²) in [6.07, 6.45) is 1.68. The van der Waals surface area contributed by atoms with Gasteiger partial charge in [0, 0.05) is 0 Å². The molecule has 0 heterocycles. The maximum atomic E-state index is 11.7. The molecule has 2 aromatic carbocycles. The molecule has 0 aliphatic carbocycles. The zero-order chi connectivity index (χ0) is 16.9. The van der Waals surface area contributed by atoms with Gasteiger partial charge in [0.05, 0.1) is 26.5 Å². The van der Waals surface area contributed by atoms with Crippen molar-refractivity contribution in [3.63, 3.8) is 0 Å². The molecule has 23 heavy (non-hydrogen) atoms. The minimum Gasteiger partial charge on any atom is -0.493 e. The Labute approximate surface area is 137 Å². The first kappa shape index (κ1) is 17.3. The second-order valence-electron chi connectivity index (χ2n) is 5.25. The smallest absolute Gasteiger partial charge is 0.209 e. The van der Waals surface area contributed by atoms with Crippen LogP contribution in [0.4, 0.5) is 0 Å². The van der Waals surface area contributed by atoms with Gasteiger partial charge in [-0.2, -0.15) is 0 Å². The molecule has 0 aromatic heterocycles. The minimum atomic E-state index is -3.33. The van der Waals surface area contributed by atoms with Crippen molar-refractivity contribution in [1.82, 2.24) is 4.72 Å². The van der Waals surface area contributed by atoms with Gasteiger partial charge >= 0.3 is 0 Å². The highest BCUT2D eigenvalue weighted by Gasteiger charge is 2.17. The lowest BCUT2D eigenvalue weighted by atomic mass is 9.99. The van der Waals surface area contributed by atoms with Crippen LogP contribution in [0.5, 0.6) is 11.5 Å². The van der Waals surface area contributed by atoms with Crippen molar-refractivity contribution in [1.29, 1.82) is 0 Å². The lowest BCUT2D eigenvalue weighted by Crippen LogP contribution is -2.28. The summed E-state index contributed by atoms with van der Waals surface area (Å²) in [6.45, 7) is 0. The maximum absolute atomic E-state index is 11.7. The van der Waals surface area contributed by atoms with Gasteiger partial charge in [-0.1, -0.05) is 36.4 Å². The van der Waals surface area contributed by atoms with Crippen molar-refractivity contribution in [3.8, 4) is 11.5 Å². The van der Waals surface area contributed by atoms with Crippen LogP contribution in [0, 0.1) is 0 Å². The van der Waals surface area contributed by atoms with E-state index in [4.69, 9.17) is 9.47 Å². The average molecular weight is 335 g/mol. The molecule has 0 saturated heterocycles. The molecule has 0 spiro atoms. The quantitative estimate of drug-likeness (QED) is 0.844. The number of hydrogen-bond donors (Lipinski definition) is 1. The van der Waals surface area contributed by atoms with Crippen LogP contribution < -0.4 is 14.2 Å². The van der Waals surface area contributed by atoms with E-state index in [9.17, 15) is 8.42 Å². The summed E-state index contributed by atoms with van der Waals surface area (Å²) in [5, 5.41) is 0. The third-order valence-corrected chi connectivity index (χ3v) is 4.16. The van der Waals surface area contributed by atoms with Crippen molar-refractivity contribution >= 4 is 10.0 Å². The first-order chi connectivity index (χ1) is 10.9. The van der Waals surface area contributed by atoms with E-state index in [0.717, 1.165) is 17.4 Å². The Kier molecular flexibility index (Phi) is 5.63. The summed E-state index contributed by atoms with van der Waals surface area (Å²) in [5.74, 6) is 1.26. The van der Waals surface area contributed by atoms with E-state index in [2.05, 4.69) is 4.72 Å². The van der Waals surface area contributed by atoms with Gasteiger partial charge in [0.2, 0.25) is 10.0 Å². The number of benzene rings is 2. The summed E-state index contributed by atoms with van der Waals surface area (Å²) in [4.78, 5) is 0. The maximum Gasteiger partial charge on any atom is 0.209 e. The van der Waals surface area contributed by atoms with Crippen molar-refractivity contribution < 1.29 is 17.9 Å². The Balaban J connectivity index is 2.31. The predicted molar refractivity (Wildman–Crippen MR) is 90.4 cm³/mol. The number of methoxy groups -OCH3 is 2. The van der Waals surface area contributed by atoms with Crippen LogP contribution in [0.15, 0.2) is 48.5 Å². The highest BCUT2D eigenvalue weighted by molar-refractivity contribution is 7.88. The van der Waals surface area contributed by atoms with Gasteiger partial charge in [-0.15, -0.1) is 0 Å². The standard InChI is InChI=1S/C17H21NO4S/c1-21-16-10-9-13(12-17(16)22-2)11-15(18-23(3,19)20)14-7-5-4-6-8-14/h4-10,12,15,18H,11H2,1-3H3. The van der Waals surface area contributed by atoms with E-state index in [1.165, 1.54) is 0 Å². The molecule has 0 radical (unpaired) electrons. The summed E-state index contributed by atoms with van der Waals surface area (Å²) >= 11 is 0. The van der Waals surface area contributed by atoms with Gasteiger partial charge in [-0.05, 0) is 29.7 Å². The number of sulfonamides is 1. The molecule has 1 unspecified atom stereocenters. The van der Waals surface area contributed by atoms with Crippen molar-refractivity contribution in [2.75, 3.05) is 20.5 Å². The largest absolute Gasteiger partial charge is 0.493 e. The molecule has 1 atom stereocenters. The molecule has 0 fully saturated rings. The van der Waals surface area contributed by atoms with Crippen molar-refractivity contribution in [2.45, 2.75) is 12.5 Å². The first-order valence-electron chi connectivity index (χ1n) is 7.16. The highest BCUT2D eigenvalue weighted by atomic mass is 32.2. The van der Waals surface area contributed by atoms with Crippen LogP contribution in [-0.4, -0.2) is 28.9 Å². The fourth-order valence-electron chi connectivity index (χ4n) is 2.41. The van der Waals surface area contributed by atoms with Crippen LogP contribution in [0.25, 0.3) is 0 Å². The Hall–Kier alpha value is -2.05. The molecule has 0 amide bonds. The second kappa shape index (κ2) is 7.48. The molecule has 2 rings (SSSR count). The van der Waals surface area contributed by atoms with Crippen LogP contribution in [0.3, 0.4) is 0 Å². The topological polar surface area (TPSA) is 64.6 Å². The molecule has 6 heteroatoms. The minimum absolute atomic E-state index is 0.343. The zero-order valence-electron chi connectivity index (χ0n) is 13.4. The second-order valence-corrected chi connectivity index (χ2v) is 7.03. The highest BCUT2D eigenvalue weighted by Crippen LogP contribution is 2.29. The monoisotopic (exact) mass is 335 g/mol. The van der Waals surface area contributed by atoms with Gasteiger partial charge in [0.25, 0.3) is 0 Å². The number of rotatable bonds is 7. The van der Waals surface area contributed by atoms with Gasteiger partial charge in [-0.3, -0.25) is 0 Å². The molecule has 1 N–H and O–H groups in total. The zero-order valence-corrected chi connectivity index (χ0v) is 14.3. The van der Waals surface area contributed by atoms with E-state index in [1.807, 2.05) is 48.5 Å². The van der Waals surface area contributed by atoms with E-state index in [1.54, 1.807) is 14.2 Å². The molecule has 0 bridgehead atoms. The SMILES string of the molecule is COc1ccc(CC(NS(C)(=O)=O)c2ccccc2)cc1OC. The fraction of sp³-hybridized carbons (Fsp3) is 0.294. The third kappa shape index (κ3) is 4.97. The van der Waals surface area contributed by atoms with Crippen LogP contribution in [0.1, 0.15) is 17.2 Å². The summed E-state index contributed by atoms with van der Waals surface area (Å²) < 4.78 is 36.6. The van der Waals surface area contributed by atoms with E-state index < -0.39 is 10.0 Å². The van der Waals surface area contributed by atoms with Gasteiger partial charge in [0.1, 0.15) is 0 Å². The normalized spacial score (nSPS) is 12.7. The van der Waals surface area contributed by atoms with Crippen molar-refractivity contribution in [2.24, 2.45) is 0 Å². The summed E-state index contributed by atoms with van der Waals surface area (Å²) in [6, 6.07) is 14.7. The Bertz CT molecular complexity index is 744. The van der Waals surface area contributed by atoms with Crippen LogP contribution in [-0.2, 0) is 16.4 Å². The lowest BCUT2D eigenvalue weighted by Gasteiger charge is -2.19. The van der Waals surface area contributed by atoms with Crippen LogP contribution in [0.2, 0.25) is 0 Å². The molecule has 124 valence electrons. The van der Waals surface area contributed by atoms with E-state index in [0.29, 0.717) is 17.9 Å². The molecular weight excluding hydrogens is 314 g/mol. The summed E-state index contributed by atoms with van der Waals surface area (Å²) in [7, 11) is -0.173. The molecular formula is C17H21NO4S. The molecule has 0 aliphatic heterocycles. The fourth-order valence-corrected chi connectivity index (χ4v) is 3.15. The molecule has 2 aromatic rings. The third-order valence-electron chi connectivity index (χ3n) is 3.45. The lowest BCUT2D eigenvalue weighted by molar-refractivity contribution is 0.354. The Morgan fingerprint density at radius 3 is 2.22 bits per heavy atom. The number of ether oxygens (including phenoxy) is 2. The average Bonchev–Trinajstić information content (AvgIpc) is 2.53. The first-order valence-corrected chi connectivity index (χ1v) is 9.05. The number of nitrogens with one attached hydrogen (secondary N) is 1. The molecule has 5 nitrogen and oxygen atoms in total. The van der Waals surface area contributed by atoms with Gasteiger partial charge < -0.3 is 9.47 Å². The van der Waals surface area contributed by atoms with E-state index >= 15 is 0 Å². The van der Waals surface area contributed by atoms with Crippen molar-refractivity contribution in [3.05, 3.63) is 59.7 Å². The van der Waals surface area contributed by atoms with E-state index in [-0.39, 0.29) is 6.04 Å². The number of hydrogen-bond acceptors (Lipinski definition) is 4. The summed E-state index contributed by atoms with van der Waals surface area (Å²) in [5.41, 5.74) is 1.86. The van der Waals surface area contributed by atoms with Gasteiger partial charge in [0.15, 0.2) is 11.5 Å². The predicted octanol–water partition coefficient (Wildman–Crippen LogP) is 2.54. The van der Waals surface area contributed by atoms with Crippen LogP contribution >= 0.6 is 0 Å². The molecule has 0 aliphatic rings. The Morgan fingerprint density at radius 1 is 1.00 bits per heavy atom. The Morgan fingerprint density at radius 2 is 1.65 bits per heavy atom.